The van der Waals surface area contributed by atoms with Crippen molar-refractivity contribution in [3.63, 3.8) is 0 Å². The summed E-state index contributed by atoms with van der Waals surface area (Å²) in [6.07, 6.45) is 0. The van der Waals surface area contributed by atoms with Gasteiger partial charge in [-0.2, -0.15) is 0 Å². The van der Waals surface area contributed by atoms with Crippen molar-refractivity contribution in [1.82, 2.24) is 0 Å². The van der Waals surface area contributed by atoms with E-state index in [0.717, 1.165) is 11.8 Å². The van der Waals surface area contributed by atoms with Gasteiger partial charge in [-0.25, -0.2) is 8.78 Å². The lowest BCUT2D eigenvalue weighted by Gasteiger charge is -2.08. The lowest BCUT2D eigenvalue weighted by Crippen LogP contribution is -2.02. The number of halogens is 3. The van der Waals surface area contributed by atoms with Crippen LogP contribution in [0.5, 0.6) is 0 Å². The fourth-order valence-electron chi connectivity index (χ4n) is 1.46. The summed E-state index contributed by atoms with van der Waals surface area (Å²) in [5.41, 5.74) is 1.12. The van der Waals surface area contributed by atoms with Gasteiger partial charge in [-0.05, 0) is 18.2 Å². The molecule has 0 spiro atoms. The van der Waals surface area contributed by atoms with Gasteiger partial charge >= 0.3 is 0 Å². The van der Waals surface area contributed by atoms with Crippen molar-refractivity contribution < 1.29 is 8.78 Å². The van der Waals surface area contributed by atoms with Gasteiger partial charge in [-0.3, -0.25) is 0 Å². The Morgan fingerprint density at radius 2 is 1.82 bits per heavy atom. The van der Waals surface area contributed by atoms with Crippen LogP contribution in [0.1, 0.15) is 5.56 Å². The maximum atomic E-state index is 13.3. The first-order valence-electron chi connectivity index (χ1n) is 5.09. The van der Waals surface area contributed by atoms with Crippen molar-refractivity contribution in [3.8, 4) is 0 Å². The summed E-state index contributed by atoms with van der Waals surface area (Å²) in [4.78, 5) is 0. The minimum atomic E-state index is -0.580. The highest BCUT2D eigenvalue weighted by Gasteiger charge is 2.04. The van der Waals surface area contributed by atoms with E-state index in [1.165, 1.54) is 12.1 Å². The van der Waals surface area contributed by atoms with Gasteiger partial charge in [0.05, 0.1) is 10.7 Å². The molecular weight excluding hydrogens is 244 g/mol. The predicted molar refractivity (Wildman–Crippen MR) is 65.1 cm³/mol. The fourth-order valence-corrected chi connectivity index (χ4v) is 1.66. The second kappa shape index (κ2) is 5.15. The minimum absolute atomic E-state index is 0.260. The quantitative estimate of drug-likeness (QED) is 0.863. The predicted octanol–water partition coefficient (Wildman–Crippen LogP) is 4.23. The molecule has 0 aliphatic carbocycles. The Bertz CT molecular complexity index is 529. The molecule has 1 N–H and O–H groups in total. The molecule has 0 aliphatic rings. The number of hydrogen-bond acceptors (Lipinski definition) is 1. The largest absolute Gasteiger partial charge is 0.380 e. The van der Waals surface area contributed by atoms with Gasteiger partial charge in [0.2, 0.25) is 0 Å². The standard InChI is InChI=1S/C13H10ClF2N/c14-11-3-1-2-4-13(11)17-8-9-5-6-10(15)7-12(9)16/h1-7,17H,8H2. The number of nitrogens with one attached hydrogen (secondary N) is 1. The fraction of sp³-hybridized carbons (Fsp3) is 0.0769. The average molecular weight is 254 g/mol. The van der Waals surface area contributed by atoms with E-state index in [-0.39, 0.29) is 6.54 Å². The molecule has 0 saturated heterocycles. The molecule has 17 heavy (non-hydrogen) atoms. The van der Waals surface area contributed by atoms with Crippen molar-refractivity contribution in [2.45, 2.75) is 6.54 Å². The lowest BCUT2D eigenvalue weighted by molar-refractivity contribution is 0.574. The molecule has 2 rings (SSSR count). The first-order chi connectivity index (χ1) is 8.16. The van der Waals surface area contributed by atoms with Gasteiger partial charge < -0.3 is 5.32 Å². The van der Waals surface area contributed by atoms with Crippen LogP contribution in [-0.2, 0) is 6.54 Å². The molecule has 0 aromatic heterocycles. The molecule has 4 heteroatoms. The summed E-state index contributed by atoms with van der Waals surface area (Å²) in [5, 5.41) is 3.56. The molecule has 0 saturated carbocycles. The van der Waals surface area contributed by atoms with Crippen LogP contribution in [0.4, 0.5) is 14.5 Å². The first-order valence-corrected chi connectivity index (χ1v) is 5.47. The van der Waals surface area contributed by atoms with Crippen LogP contribution in [0.15, 0.2) is 42.5 Å². The zero-order valence-corrected chi connectivity index (χ0v) is 9.64. The Morgan fingerprint density at radius 3 is 2.53 bits per heavy atom. The molecule has 0 fully saturated rings. The van der Waals surface area contributed by atoms with E-state index in [4.69, 9.17) is 11.6 Å². The van der Waals surface area contributed by atoms with E-state index >= 15 is 0 Å². The Labute approximate surface area is 103 Å². The van der Waals surface area contributed by atoms with Gasteiger partial charge in [0, 0.05) is 18.2 Å². The van der Waals surface area contributed by atoms with Crippen molar-refractivity contribution in [3.05, 3.63) is 64.7 Å². The highest BCUT2D eigenvalue weighted by Crippen LogP contribution is 2.21. The summed E-state index contributed by atoms with van der Waals surface area (Å²) < 4.78 is 26.0. The molecule has 0 aliphatic heterocycles. The number of hydrogen-bond donors (Lipinski definition) is 1. The molecule has 2 aromatic rings. The molecule has 0 unspecified atom stereocenters. The van der Waals surface area contributed by atoms with E-state index < -0.39 is 11.6 Å². The summed E-state index contributed by atoms with van der Waals surface area (Å²) in [5.74, 6) is -1.14. The summed E-state index contributed by atoms with van der Waals surface area (Å²) in [6, 6.07) is 10.7. The zero-order valence-electron chi connectivity index (χ0n) is 8.88. The van der Waals surface area contributed by atoms with Gasteiger partial charge in [0.1, 0.15) is 11.6 Å². The Kier molecular flexibility index (Phi) is 3.59. The number of para-hydroxylation sites is 1. The summed E-state index contributed by atoms with van der Waals surface area (Å²) in [7, 11) is 0. The average Bonchev–Trinajstić information content (AvgIpc) is 2.30. The van der Waals surface area contributed by atoms with Crippen LogP contribution < -0.4 is 5.32 Å². The third-order valence-corrected chi connectivity index (χ3v) is 2.69. The summed E-state index contributed by atoms with van der Waals surface area (Å²) >= 11 is 5.94. The smallest absolute Gasteiger partial charge is 0.131 e. The molecule has 0 radical (unpaired) electrons. The Hall–Kier alpha value is -1.61. The zero-order chi connectivity index (χ0) is 12.3. The second-order valence-corrected chi connectivity index (χ2v) is 3.98. The van der Waals surface area contributed by atoms with E-state index in [1.807, 2.05) is 12.1 Å². The Morgan fingerprint density at radius 1 is 1.06 bits per heavy atom. The van der Waals surface area contributed by atoms with Gasteiger partial charge in [0.15, 0.2) is 0 Å². The summed E-state index contributed by atoms with van der Waals surface area (Å²) in [6.45, 7) is 0.260. The molecule has 0 atom stereocenters. The third kappa shape index (κ3) is 2.94. The number of rotatable bonds is 3. The van der Waals surface area contributed by atoms with Gasteiger partial charge in [0.25, 0.3) is 0 Å². The SMILES string of the molecule is Fc1ccc(CNc2ccccc2Cl)c(F)c1. The van der Waals surface area contributed by atoms with E-state index in [1.54, 1.807) is 12.1 Å². The van der Waals surface area contributed by atoms with Crippen molar-refractivity contribution in [1.29, 1.82) is 0 Å². The maximum Gasteiger partial charge on any atom is 0.131 e. The lowest BCUT2D eigenvalue weighted by atomic mass is 10.2. The normalized spacial score (nSPS) is 10.3. The second-order valence-electron chi connectivity index (χ2n) is 3.57. The topological polar surface area (TPSA) is 12.0 Å². The molecule has 0 heterocycles. The maximum absolute atomic E-state index is 13.3. The van der Waals surface area contributed by atoms with Crippen LogP contribution in [0.3, 0.4) is 0 Å². The van der Waals surface area contributed by atoms with E-state index in [9.17, 15) is 8.78 Å². The van der Waals surface area contributed by atoms with Gasteiger partial charge in [-0.15, -0.1) is 0 Å². The highest BCUT2D eigenvalue weighted by molar-refractivity contribution is 6.33. The molecule has 88 valence electrons. The van der Waals surface area contributed by atoms with Crippen LogP contribution in [-0.4, -0.2) is 0 Å². The third-order valence-electron chi connectivity index (χ3n) is 2.36. The van der Waals surface area contributed by atoms with Crippen LogP contribution in [0.25, 0.3) is 0 Å². The van der Waals surface area contributed by atoms with Crippen LogP contribution in [0, 0.1) is 11.6 Å². The first kappa shape index (κ1) is 11.9. The number of benzene rings is 2. The molecular formula is C13H10ClF2N. The minimum Gasteiger partial charge on any atom is -0.380 e. The molecule has 1 nitrogen and oxygen atoms in total. The van der Waals surface area contributed by atoms with Crippen molar-refractivity contribution in [2.24, 2.45) is 0 Å². The monoisotopic (exact) mass is 253 g/mol. The van der Waals surface area contributed by atoms with Crippen molar-refractivity contribution >= 4 is 17.3 Å². The van der Waals surface area contributed by atoms with Crippen LogP contribution in [0.2, 0.25) is 5.02 Å². The van der Waals surface area contributed by atoms with E-state index in [2.05, 4.69) is 5.32 Å². The molecule has 0 bridgehead atoms. The highest BCUT2D eigenvalue weighted by atomic mass is 35.5. The van der Waals surface area contributed by atoms with E-state index in [0.29, 0.717) is 10.6 Å². The van der Waals surface area contributed by atoms with Crippen molar-refractivity contribution in [2.75, 3.05) is 5.32 Å². The molecule has 0 amide bonds. The van der Waals surface area contributed by atoms with Crippen LogP contribution >= 0.6 is 11.6 Å². The van der Waals surface area contributed by atoms with Gasteiger partial charge in [-0.1, -0.05) is 29.8 Å². The Balaban J connectivity index is 2.10. The molecule has 2 aromatic carbocycles. The number of anilines is 1.